The summed E-state index contributed by atoms with van der Waals surface area (Å²) in [5.74, 6) is 0.338. The average Bonchev–Trinajstić information content (AvgIpc) is 2.39. The van der Waals surface area contributed by atoms with Crippen LogP contribution in [0.3, 0.4) is 0 Å². The van der Waals surface area contributed by atoms with E-state index in [1.54, 1.807) is 6.20 Å². The number of halogens is 1. The smallest absolute Gasteiger partial charge is 0.0303 e. The Hall–Kier alpha value is -1.19. The van der Waals surface area contributed by atoms with Gasteiger partial charge in [0.05, 0.1) is 0 Å². The Balaban J connectivity index is 2.13. The summed E-state index contributed by atoms with van der Waals surface area (Å²) in [6.45, 7) is 0.641. The highest BCUT2D eigenvalue weighted by molar-refractivity contribution is 9.10. The Labute approximate surface area is 110 Å². The highest BCUT2D eigenvalue weighted by atomic mass is 79.9. The van der Waals surface area contributed by atoms with Crippen LogP contribution >= 0.6 is 15.9 Å². The van der Waals surface area contributed by atoms with E-state index in [0.717, 1.165) is 10.9 Å². The molecule has 0 aliphatic heterocycles. The molecule has 2 nitrogen and oxygen atoms in total. The van der Waals surface area contributed by atoms with Crippen LogP contribution in [-0.2, 0) is 6.42 Å². The van der Waals surface area contributed by atoms with Gasteiger partial charge in [0.15, 0.2) is 0 Å². The minimum atomic E-state index is 0.338. The van der Waals surface area contributed by atoms with Crippen molar-refractivity contribution in [2.45, 2.75) is 12.3 Å². The van der Waals surface area contributed by atoms with Crippen LogP contribution in [0.1, 0.15) is 17.0 Å². The minimum absolute atomic E-state index is 0.338. The largest absolute Gasteiger partial charge is 0.330 e. The van der Waals surface area contributed by atoms with Crippen LogP contribution in [-0.4, -0.2) is 11.5 Å². The van der Waals surface area contributed by atoms with E-state index < -0.39 is 0 Å². The topological polar surface area (TPSA) is 38.9 Å². The van der Waals surface area contributed by atoms with Crippen molar-refractivity contribution in [3.63, 3.8) is 0 Å². The Morgan fingerprint density at radius 2 is 1.94 bits per heavy atom. The van der Waals surface area contributed by atoms with Gasteiger partial charge in [0.2, 0.25) is 0 Å². The Morgan fingerprint density at radius 1 is 1.18 bits per heavy atom. The second-order valence-corrected chi connectivity index (χ2v) is 4.97. The van der Waals surface area contributed by atoms with Crippen molar-refractivity contribution in [1.29, 1.82) is 0 Å². The molecule has 2 aromatic rings. The maximum Gasteiger partial charge on any atom is 0.0303 e. The van der Waals surface area contributed by atoms with Gasteiger partial charge in [0.1, 0.15) is 0 Å². The third-order valence-electron chi connectivity index (χ3n) is 2.84. The van der Waals surface area contributed by atoms with Crippen LogP contribution in [0, 0.1) is 0 Å². The summed E-state index contributed by atoms with van der Waals surface area (Å²) in [7, 11) is 0. The highest BCUT2D eigenvalue weighted by Crippen LogP contribution is 2.20. The first-order chi connectivity index (χ1) is 8.29. The molecular weight excluding hydrogens is 276 g/mol. The molecule has 1 heterocycles. The molecule has 0 spiro atoms. The van der Waals surface area contributed by atoms with Gasteiger partial charge in [-0.3, -0.25) is 4.98 Å². The molecule has 0 bridgehead atoms. The second kappa shape index (κ2) is 5.94. The molecule has 17 heavy (non-hydrogen) atoms. The molecule has 0 aliphatic carbocycles. The first-order valence-electron chi connectivity index (χ1n) is 5.64. The number of nitrogens with two attached hydrogens (primary N) is 1. The highest BCUT2D eigenvalue weighted by Gasteiger charge is 2.10. The van der Waals surface area contributed by atoms with Gasteiger partial charge in [-0.05, 0) is 42.3 Å². The van der Waals surface area contributed by atoms with Gasteiger partial charge in [-0.2, -0.15) is 0 Å². The predicted octanol–water partition coefficient (Wildman–Crippen LogP) is 3.13. The average molecular weight is 291 g/mol. The first-order valence-corrected chi connectivity index (χ1v) is 6.43. The van der Waals surface area contributed by atoms with Crippen molar-refractivity contribution in [2.24, 2.45) is 5.73 Å². The molecule has 3 heteroatoms. The lowest BCUT2D eigenvalue weighted by molar-refractivity contribution is 0.691. The van der Waals surface area contributed by atoms with Gasteiger partial charge >= 0.3 is 0 Å². The van der Waals surface area contributed by atoms with E-state index in [2.05, 4.69) is 51.2 Å². The van der Waals surface area contributed by atoms with Crippen molar-refractivity contribution >= 4 is 15.9 Å². The van der Waals surface area contributed by atoms with Gasteiger partial charge in [-0.1, -0.05) is 34.1 Å². The van der Waals surface area contributed by atoms with Crippen molar-refractivity contribution in [2.75, 3.05) is 6.54 Å². The number of aromatic nitrogens is 1. The molecule has 0 aliphatic rings. The van der Waals surface area contributed by atoms with E-state index in [4.69, 9.17) is 5.73 Å². The van der Waals surface area contributed by atoms with Crippen molar-refractivity contribution < 1.29 is 0 Å². The molecule has 2 N–H and O–H groups in total. The Morgan fingerprint density at radius 3 is 2.53 bits per heavy atom. The lowest BCUT2D eigenvalue weighted by Crippen LogP contribution is -2.15. The van der Waals surface area contributed by atoms with E-state index in [0.29, 0.717) is 12.5 Å². The van der Waals surface area contributed by atoms with Crippen LogP contribution in [0.5, 0.6) is 0 Å². The van der Waals surface area contributed by atoms with E-state index in [1.807, 2.05) is 12.3 Å². The van der Waals surface area contributed by atoms with E-state index in [-0.39, 0.29) is 0 Å². The number of rotatable bonds is 4. The third kappa shape index (κ3) is 3.38. The summed E-state index contributed by atoms with van der Waals surface area (Å²) < 4.78 is 1.10. The molecule has 2 rings (SSSR count). The van der Waals surface area contributed by atoms with Crippen LogP contribution in [0.2, 0.25) is 0 Å². The van der Waals surface area contributed by atoms with Gasteiger partial charge in [-0.25, -0.2) is 0 Å². The lowest BCUT2D eigenvalue weighted by atomic mass is 9.93. The van der Waals surface area contributed by atoms with Crippen molar-refractivity contribution in [3.8, 4) is 0 Å². The zero-order valence-corrected chi connectivity index (χ0v) is 11.1. The molecule has 0 amide bonds. The van der Waals surface area contributed by atoms with Gasteiger partial charge in [0.25, 0.3) is 0 Å². The monoisotopic (exact) mass is 290 g/mol. The van der Waals surface area contributed by atoms with Gasteiger partial charge in [0, 0.05) is 22.8 Å². The molecule has 1 aromatic carbocycles. The third-order valence-corrected chi connectivity index (χ3v) is 3.36. The number of nitrogens with zero attached hydrogens (tertiary/aromatic N) is 1. The lowest BCUT2D eigenvalue weighted by Gasteiger charge is -2.14. The fourth-order valence-corrected chi connectivity index (χ4v) is 2.12. The normalized spacial score (nSPS) is 12.4. The van der Waals surface area contributed by atoms with Gasteiger partial charge < -0.3 is 5.73 Å². The maximum atomic E-state index is 5.85. The van der Waals surface area contributed by atoms with E-state index in [9.17, 15) is 0 Å². The summed E-state index contributed by atoms with van der Waals surface area (Å²) in [5, 5.41) is 0. The molecule has 88 valence electrons. The number of hydrogen-bond acceptors (Lipinski definition) is 2. The van der Waals surface area contributed by atoms with Crippen molar-refractivity contribution in [3.05, 3.63) is 64.4 Å². The number of pyridine rings is 1. The Bertz CT molecular complexity index is 453. The molecular formula is C14H15BrN2. The maximum absolute atomic E-state index is 5.85. The summed E-state index contributed by atoms with van der Waals surface area (Å²) in [6, 6.07) is 12.4. The molecule has 0 saturated carbocycles. The molecule has 1 atom stereocenters. The van der Waals surface area contributed by atoms with Gasteiger partial charge in [-0.15, -0.1) is 0 Å². The van der Waals surface area contributed by atoms with Crippen LogP contribution < -0.4 is 5.73 Å². The summed E-state index contributed by atoms with van der Waals surface area (Å²) in [5.41, 5.74) is 8.35. The Kier molecular flexibility index (Phi) is 4.29. The SMILES string of the molecule is NCC(Cc1ccc(Br)cc1)c1cccnc1. The van der Waals surface area contributed by atoms with Crippen molar-refractivity contribution in [1.82, 2.24) is 4.98 Å². The molecule has 0 radical (unpaired) electrons. The second-order valence-electron chi connectivity index (χ2n) is 4.05. The summed E-state index contributed by atoms with van der Waals surface area (Å²) >= 11 is 3.44. The summed E-state index contributed by atoms with van der Waals surface area (Å²) in [6.07, 6.45) is 4.64. The number of hydrogen-bond donors (Lipinski definition) is 1. The molecule has 1 aromatic heterocycles. The summed E-state index contributed by atoms with van der Waals surface area (Å²) in [4.78, 5) is 4.15. The van der Waals surface area contributed by atoms with E-state index in [1.165, 1.54) is 11.1 Å². The number of benzene rings is 1. The quantitative estimate of drug-likeness (QED) is 0.940. The standard InChI is InChI=1S/C14H15BrN2/c15-14-5-3-11(4-6-14)8-13(9-16)12-2-1-7-17-10-12/h1-7,10,13H,8-9,16H2. The molecule has 1 unspecified atom stereocenters. The molecule has 0 fully saturated rings. The fourth-order valence-electron chi connectivity index (χ4n) is 1.86. The zero-order valence-electron chi connectivity index (χ0n) is 9.51. The minimum Gasteiger partial charge on any atom is -0.330 e. The fraction of sp³-hybridized carbons (Fsp3) is 0.214. The zero-order chi connectivity index (χ0) is 12.1. The first kappa shape index (κ1) is 12.3. The van der Waals surface area contributed by atoms with Crippen LogP contribution in [0.15, 0.2) is 53.3 Å². The predicted molar refractivity (Wildman–Crippen MR) is 73.9 cm³/mol. The van der Waals surface area contributed by atoms with Crippen LogP contribution in [0.25, 0.3) is 0 Å². The molecule has 0 saturated heterocycles. The van der Waals surface area contributed by atoms with Crippen LogP contribution in [0.4, 0.5) is 0 Å². The van der Waals surface area contributed by atoms with E-state index >= 15 is 0 Å².